The second kappa shape index (κ2) is 71.3. The summed E-state index contributed by atoms with van der Waals surface area (Å²) in [7, 11) is -9.92. The molecule has 0 aliphatic heterocycles. The second-order valence-corrected chi connectivity index (χ2v) is 33.5. The first-order valence-electron chi connectivity index (χ1n) is 41.8. The van der Waals surface area contributed by atoms with Crippen LogP contribution in [0.25, 0.3) is 0 Å². The summed E-state index contributed by atoms with van der Waals surface area (Å²) in [6.07, 6.45) is 59.8. The highest BCUT2D eigenvalue weighted by atomic mass is 31.2. The fourth-order valence-electron chi connectivity index (χ4n) is 12.5. The summed E-state index contributed by atoms with van der Waals surface area (Å²) in [5, 5.41) is 10.6. The molecule has 0 radical (unpaired) electrons. The molecule has 0 saturated heterocycles. The van der Waals surface area contributed by atoms with Crippen molar-refractivity contribution in [1.82, 2.24) is 0 Å². The van der Waals surface area contributed by atoms with Crippen LogP contribution >= 0.6 is 15.6 Å². The van der Waals surface area contributed by atoms with E-state index in [9.17, 15) is 43.2 Å². The number of rotatable bonds is 79. The standard InChI is InChI=1S/C81H158O17P2/c1-8-9-10-11-12-13-14-15-20-24-31-36-41-50-57-65-81(86)98-77(69-92-79(84)63-56-49-44-43-47-54-61-74(6)7)71-96-100(89,90)94-67-75(82)66-93-99(87,88)95-70-76(68-91-78(83)62-55-48-40-35-30-27-26-29-34-39-46-53-60-73(4)5)97-80(85)64-58-51-42-37-32-25-22-19-17-16-18-21-23-28-33-38-45-52-59-72(2)3/h72-77,82H,8-71H2,1-7H3,(H,87,88)(H,89,90)/t75-,76-,77-/m1/s1. The lowest BCUT2D eigenvalue weighted by Gasteiger charge is -2.21. The van der Waals surface area contributed by atoms with Gasteiger partial charge < -0.3 is 33.8 Å². The van der Waals surface area contributed by atoms with Crippen molar-refractivity contribution in [2.24, 2.45) is 17.8 Å². The van der Waals surface area contributed by atoms with Crippen LogP contribution in [0.1, 0.15) is 421 Å². The number of unbranched alkanes of at least 4 members (excludes halogenated alkanes) is 47. The smallest absolute Gasteiger partial charge is 0.462 e. The summed E-state index contributed by atoms with van der Waals surface area (Å²) in [6.45, 7) is 11.9. The Labute approximate surface area is 613 Å². The Hall–Kier alpha value is -1.94. The van der Waals surface area contributed by atoms with Gasteiger partial charge in [-0.1, -0.05) is 370 Å². The number of hydrogen-bond donors (Lipinski definition) is 3. The van der Waals surface area contributed by atoms with Gasteiger partial charge in [0.1, 0.15) is 19.3 Å². The molecule has 0 amide bonds. The molecule has 0 aromatic heterocycles. The third-order valence-corrected chi connectivity index (χ3v) is 20.8. The summed E-state index contributed by atoms with van der Waals surface area (Å²) in [6, 6.07) is 0. The molecular weight excluding hydrogens is 1310 g/mol. The molecule has 0 rings (SSSR count). The van der Waals surface area contributed by atoms with Crippen LogP contribution in [-0.4, -0.2) is 96.7 Å². The van der Waals surface area contributed by atoms with Crippen molar-refractivity contribution in [1.29, 1.82) is 0 Å². The predicted octanol–water partition coefficient (Wildman–Crippen LogP) is 24.1. The van der Waals surface area contributed by atoms with Gasteiger partial charge in [-0.15, -0.1) is 0 Å². The van der Waals surface area contributed by atoms with Gasteiger partial charge in [-0.25, -0.2) is 9.13 Å². The van der Waals surface area contributed by atoms with E-state index in [0.717, 1.165) is 108 Å². The number of carbonyl (C=O) groups is 4. The Morgan fingerprint density at radius 1 is 0.270 bits per heavy atom. The van der Waals surface area contributed by atoms with E-state index in [1.54, 1.807) is 0 Å². The Kier molecular flexibility index (Phi) is 69.9. The molecule has 0 bridgehead atoms. The van der Waals surface area contributed by atoms with Crippen molar-refractivity contribution in [3.8, 4) is 0 Å². The van der Waals surface area contributed by atoms with Crippen LogP contribution in [0.2, 0.25) is 0 Å². The van der Waals surface area contributed by atoms with Gasteiger partial charge in [0.05, 0.1) is 26.4 Å². The van der Waals surface area contributed by atoms with Crippen LogP contribution in [0.3, 0.4) is 0 Å². The molecule has 0 heterocycles. The van der Waals surface area contributed by atoms with Gasteiger partial charge in [0.15, 0.2) is 12.2 Å². The van der Waals surface area contributed by atoms with Crippen LogP contribution in [0.4, 0.5) is 0 Å². The first-order valence-corrected chi connectivity index (χ1v) is 44.8. The minimum Gasteiger partial charge on any atom is -0.462 e. The topological polar surface area (TPSA) is 237 Å². The Morgan fingerprint density at radius 3 is 0.680 bits per heavy atom. The minimum absolute atomic E-state index is 0.107. The molecule has 0 saturated carbocycles. The number of hydrogen-bond acceptors (Lipinski definition) is 15. The van der Waals surface area contributed by atoms with E-state index in [1.807, 2.05) is 0 Å². The molecule has 0 fully saturated rings. The van der Waals surface area contributed by atoms with E-state index in [1.165, 1.54) is 225 Å². The molecule has 594 valence electrons. The van der Waals surface area contributed by atoms with Gasteiger partial charge >= 0.3 is 39.5 Å². The molecule has 0 aliphatic rings. The Bertz CT molecular complexity index is 1940. The van der Waals surface area contributed by atoms with Gasteiger partial charge in [-0.3, -0.25) is 37.3 Å². The number of phosphoric acid groups is 2. The number of carbonyl (C=O) groups excluding carboxylic acids is 4. The van der Waals surface area contributed by atoms with Crippen molar-refractivity contribution in [3.63, 3.8) is 0 Å². The van der Waals surface area contributed by atoms with Gasteiger partial charge in [0.2, 0.25) is 0 Å². The van der Waals surface area contributed by atoms with Crippen LogP contribution in [0.15, 0.2) is 0 Å². The molecule has 0 spiro atoms. The molecule has 0 aromatic carbocycles. The van der Waals surface area contributed by atoms with Gasteiger partial charge in [-0.2, -0.15) is 0 Å². The quantitative estimate of drug-likeness (QED) is 0.0222. The largest absolute Gasteiger partial charge is 0.472 e. The third-order valence-electron chi connectivity index (χ3n) is 18.9. The fraction of sp³-hybridized carbons (Fsp3) is 0.951. The molecule has 0 aliphatic carbocycles. The average molecular weight is 1470 g/mol. The Morgan fingerprint density at radius 2 is 0.460 bits per heavy atom. The SMILES string of the molecule is CCCCCCCCCCCCCCCCCC(=O)O[C@H](COC(=O)CCCCCCCCC(C)C)COP(=O)(O)OC[C@H](O)COP(=O)(O)OC[C@@H](COC(=O)CCCCCCCCCCCCCCC(C)C)OC(=O)CCCCCCCCCCCCCCCCCCCCC(C)C. The lowest BCUT2D eigenvalue weighted by atomic mass is 10.0. The highest BCUT2D eigenvalue weighted by molar-refractivity contribution is 7.47. The zero-order valence-corrected chi connectivity index (χ0v) is 67.5. The lowest BCUT2D eigenvalue weighted by molar-refractivity contribution is -0.161. The molecule has 0 aromatic rings. The summed E-state index contributed by atoms with van der Waals surface area (Å²) in [5.41, 5.74) is 0. The zero-order chi connectivity index (χ0) is 73.7. The molecule has 3 N–H and O–H groups in total. The fourth-order valence-corrected chi connectivity index (χ4v) is 14.1. The number of phosphoric ester groups is 2. The number of esters is 4. The summed E-state index contributed by atoms with van der Waals surface area (Å²) >= 11 is 0. The highest BCUT2D eigenvalue weighted by Gasteiger charge is 2.30. The van der Waals surface area contributed by atoms with Crippen LogP contribution < -0.4 is 0 Å². The van der Waals surface area contributed by atoms with Crippen molar-refractivity contribution < 1.29 is 80.2 Å². The molecule has 5 atom stereocenters. The van der Waals surface area contributed by atoms with Crippen molar-refractivity contribution in [2.45, 2.75) is 439 Å². The van der Waals surface area contributed by atoms with Crippen molar-refractivity contribution >= 4 is 39.5 Å². The first kappa shape index (κ1) is 98.1. The maximum Gasteiger partial charge on any atom is 0.472 e. The monoisotopic (exact) mass is 1470 g/mol. The van der Waals surface area contributed by atoms with Crippen LogP contribution in [0, 0.1) is 17.8 Å². The van der Waals surface area contributed by atoms with E-state index in [0.29, 0.717) is 31.6 Å². The van der Waals surface area contributed by atoms with Gasteiger partial charge in [0, 0.05) is 25.7 Å². The maximum atomic E-state index is 13.1. The molecule has 2 unspecified atom stereocenters. The number of ether oxygens (including phenoxy) is 4. The van der Waals surface area contributed by atoms with Crippen LogP contribution in [0.5, 0.6) is 0 Å². The summed E-state index contributed by atoms with van der Waals surface area (Å²) in [5.74, 6) is 0.169. The molecule has 17 nitrogen and oxygen atoms in total. The van der Waals surface area contributed by atoms with Gasteiger partial charge in [0.25, 0.3) is 0 Å². The van der Waals surface area contributed by atoms with E-state index in [2.05, 4.69) is 48.5 Å². The third kappa shape index (κ3) is 74.3. The highest BCUT2D eigenvalue weighted by Crippen LogP contribution is 2.45. The predicted molar refractivity (Wildman–Crippen MR) is 409 cm³/mol. The van der Waals surface area contributed by atoms with E-state index < -0.39 is 97.5 Å². The lowest BCUT2D eigenvalue weighted by Crippen LogP contribution is -2.30. The van der Waals surface area contributed by atoms with E-state index >= 15 is 0 Å². The van der Waals surface area contributed by atoms with E-state index in [4.69, 9.17) is 37.0 Å². The van der Waals surface area contributed by atoms with Gasteiger partial charge in [-0.05, 0) is 43.4 Å². The number of aliphatic hydroxyl groups excluding tert-OH is 1. The summed E-state index contributed by atoms with van der Waals surface area (Å²) in [4.78, 5) is 73.0. The average Bonchev–Trinajstić information content (AvgIpc) is 0.920. The second-order valence-electron chi connectivity index (χ2n) is 30.6. The van der Waals surface area contributed by atoms with E-state index in [-0.39, 0.29) is 25.7 Å². The maximum absolute atomic E-state index is 13.1. The Balaban J connectivity index is 5.21. The molecule has 100 heavy (non-hydrogen) atoms. The number of aliphatic hydroxyl groups is 1. The normalized spacial score (nSPS) is 14.0. The molecule has 19 heteroatoms. The van der Waals surface area contributed by atoms with Crippen molar-refractivity contribution in [3.05, 3.63) is 0 Å². The zero-order valence-electron chi connectivity index (χ0n) is 65.7. The minimum atomic E-state index is -4.96. The summed E-state index contributed by atoms with van der Waals surface area (Å²) < 4.78 is 68.7. The van der Waals surface area contributed by atoms with Crippen LogP contribution in [-0.2, 0) is 65.4 Å². The molecular formula is C81H158O17P2. The van der Waals surface area contributed by atoms with Crippen molar-refractivity contribution in [2.75, 3.05) is 39.6 Å². The first-order chi connectivity index (χ1) is 48.2.